The van der Waals surface area contributed by atoms with Gasteiger partial charge < -0.3 is 20.7 Å². The van der Waals surface area contributed by atoms with Crippen molar-refractivity contribution in [2.45, 2.75) is 57.2 Å². The lowest BCUT2D eigenvalue weighted by atomic mass is 9.85. The molecule has 1 saturated carbocycles. The van der Waals surface area contributed by atoms with Crippen LogP contribution in [-0.2, 0) is 9.59 Å². The smallest absolute Gasteiger partial charge is 0.387 e. The summed E-state index contributed by atoms with van der Waals surface area (Å²) in [5.41, 5.74) is 6.55. The maximum atomic E-state index is 12.8. The molecule has 1 aromatic rings. The highest BCUT2D eigenvalue weighted by Gasteiger charge is 2.33. The molecule has 6 nitrogen and oxygen atoms in total. The summed E-state index contributed by atoms with van der Waals surface area (Å²) in [6.45, 7) is -2.37. The minimum atomic E-state index is -2.89. The molecule has 1 heterocycles. The fourth-order valence-corrected chi connectivity index (χ4v) is 3.83. The van der Waals surface area contributed by atoms with Crippen LogP contribution in [-0.4, -0.2) is 37.1 Å². The highest BCUT2D eigenvalue weighted by Crippen LogP contribution is 2.26. The number of amides is 2. The molecule has 1 aliphatic heterocycles. The van der Waals surface area contributed by atoms with E-state index in [0.29, 0.717) is 25.1 Å². The summed E-state index contributed by atoms with van der Waals surface area (Å²) in [5, 5.41) is 2.89. The molecule has 156 valence electrons. The van der Waals surface area contributed by atoms with Crippen LogP contribution >= 0.6 is 12.4 Å². The van der Waals surface area contributed by atoms with Crippen LogP contribution in [0.1, 0.15) is 38.5 Å². The number of rotatable bonds is 5. The van der Waals surface area contributed by atoms with Crippen molar-refractivity contribution < 1.29 is 23.1 Å². The highest BCUT2D eigenvalue weighted by atomic mass is 35.5. The van der Waals surface area contributed by atoms with Gasteiger partial charge in [0, 0.05) is 24.2 Å². The van der Waals surface area contributed by atoms with E-state index in [9.17, 15) is 18.4 Å². The van der Waals surface area contributed by atoms with Crippen LogP contribution in [0.15, 0.2) is 24.3 Å². The number of nitrogens with one attached hydrogen (secondary N) is 1. The van der Waals surface area contributed by atoms with E-state index in [4.69, 9.17) is 5.73 Å². The van der Waals surface area contributed by atoms with E-state index in [1.165, 1.54) is 12.1 Å². The second-order valence-electron chi connectivity index (χ2n) is 7.19. The van der Waals surface area contributed by atoms with E-state index in [2.05, 4.69) is 10.1 Å². The molecule has 0 radical (unpaired) electrons. The van der Waals surface area contributed by atoms with Crippen LogP contribution in [0.4, 0.5) is 14.5 Å². The number of halogens is 3. The number of nitrogens with two attached hydrogens (primary N) is 1. The van der Waals surface area contributed by atoms with E-state index in [-0.39, 0.29) is 41.9 Å². The lowest BCUT2D eigenvalue weighted by Crippen LogP contribution is -2.54. The largest absolute Gasteiger partial charge is 0.435 e. The first-order chi connectivity index (χ1) is 12.9. The Balaban J connectivity index is 0.00000280. The van der Waals surface area contributed by atoms with Crippen LogP contribution in [0.3, 0.4) is 0 Å². The third kappa shape index (κ3) is 5.54. The summed E-state index contributed by atoms with van der Waals surface area (Å²) in [5.74, 6) is -0.386. The second-order valence-corrected chi connectivity index (χ2v) is 7.19. The number of alkyl halides is 2. The second kappa shape index (κ2) is 10.0. The lowest BCUT2D eigenvalue weighted by molar-refractivity contribution is -0.131. The van der Waals surface area contributed by atoms with Gasteiger partial charge in [-0.3, -0.25) is 9.59 Å². The molecule has 9 heteroatoms. The normalized spacial score (nSPS) is 25.2. The van der Waals surface area contributed by atoms with Crippen LogP contribution in [0, 0.1) is 5.92 Å². The summed E-state index contributed by atoms with van der Waals surface area (Å²) in [6, 6.07) is 5.42. The van der Waals surface area contributed by atoms with Crippen molar-refractivity contribution in [1.29, 1.82) is 0 Å². The topological polar surface area (TPSA) is 84.7 Å². The maximum Gasteiger partial charge on any atom is 0.387 e. The molecule has 0 spiro atoms. The summed E-state index contributed by atoms with van der Waals surface area (Å²) in [7, 11) is 0. The Morgan fingerprint density at radius 2 is 1.89 bits per heavy atom. The lowest BCUT2D eigenvalue weighted by Gasteiger charge is -2.34. The maximum absolute atomic E-state index is 12.8. The van der Waals surface area contributed by atoms with Crippen LogP contribution in [0.5, 0.6) is 5.75 Å². The summed E-state index contributed by atoms with van der Waals surface area (Å²) in [4.78, 5) is 26.9. The van der Waals surface area contributed by atoms with Gasteiger partial charge in [0.2, 0.25) is 11.8 Å². The van der Waals surface area contributed by atoms with Crippen molar-refractivity contribution in [3.05, 3.63) is 24.3 Å². The van der Waals surface area contributed by atoms with Crippen molar-refractivity contribution >= 4 is 29.9 Å². The zero-order chi connectivity index (χ0) is 19.4. The summed E-state index contributed by atoms with van der Waals surface area (Å²) < 4.78 is 28.8. The van der Waals surface area contributed by atoms with Crippen LogP contribution in [0.25, 0.3) is 0 Å². The predicted octanol–water partition coefficient (Wildman–Crippen LogP) is 2.84. The fourth-order valence-electron chi connectivity index (χ4n) is 3.83. The molecule has 1 aliphatic carbocycles. The summed E-state index contributed by atoms with van der Waals surface area (Å²) in [6.07, 6.45) is 4.66. The van der Waals surface area contributed by atoms with Crippen molar-refractivity contribution in [3.8, 4) is 5.75 Å². The molecule has 0 aromatic heterocycles. The van der Waals surface area contributed by atoms with Gasteiger partial charge in [-0.2, -0.15) is 8.78 Å². The predicted molar refractivity (Wildman–Crippen MR) is 104 cm³/mol. The minimum absolute atomic E-state index is 0. The average molecular weight is 418 g/mol. The molecular weight excluding hydrogens is 392 g/mol. The Morgan fingerprint density at radius 1 is 1.18 bits per heavy atom. The SMILES string of the molecule is Cl.NC1CCCC(C(=O)NC2CCCN(c3ccc(OC(F)F)cc3)C2=O)C1. The molecule has 28 heavy (non-hydrogen) atoms. The first-order valence-electron chi connectivity index (χ1n) is 9.36. The zero-order valence-electron chi connectivity index (χ0n) is 15.5. The van der Waals surface area contributed by atoms with E-state index in [1.807, 2.05) is 0 Å². The fraction of sp³-hybridized carbons (Fsp3) is 0.579. The van der Waals surface area contributed by atoms with E-state index in [1.54, 1.807) is 17.0 Å². The van der Waals surface area contributed by atoms with Gasteiger partial charge in [0.25, 0.3) is 0 Å². The molecule has 1 aromatic carbocycles. The average Bonchev–Trinajstić information content (AvgIpc) is 2.64. The molecule has 0 bridgehead atoms. The Kier molecular flexibility index (Phi) is 8.00. The van der Waals surface area contributed by atoms with Crippen LogP contribution in [0.2, 0.25) is 0 Å². The number of carbonyl (C=O) groups is 2. The monoisotopic (exact) mass is 417 g/mol. The number of nitrogens with zero attached hydrogens (tertiary/aromatic N) is 1. The Bertz CT molecular complexity index is 675. The molecule has 3 rings (SSSR count). The minimum Gasteiger partial charge on any atom is -0.435 e. The van der Waals surface area contributed by atoms with Gasteiger partial charge in [-0.15, -0.1) is 12.4 Å². The van der Waals surface area contributed by atoms with E-state index >= 15 is 0 Å². The van der Waals surface area contributed by atoms with Gasteiger partial charge >= 0.3 is 6.61 Å². The van der Waals surface area contributed by atoms with Crippen molar-refractivity contribution in [1.82, 2.24) is 5.32 Å². The zero-order valence-corrected chi connectivity index (χ0v) is 16.3. The quantitative estimate of drug-likeness (QED) is 0.771. The Hall–Kier alpha value is -1.93. The van der Waals surface area contributed by atoms with E-state index < -0.39 is 12.7 Å². The van der Waals surface area contributed by atoms with Gasteiger partial charge in [-0.05, 0) is 56.4 Å². The number of carbonyl (C=O) groups excluding carboxylic acids is 2. The summed E-state index contributed by atoms with van der Waals surface area (Å²) >= 11 is 0. The molecule has 3 N–H and O–H groups in total. The van der Waals surface area contributed by atoms with Gasteiger partial charge in [0.1, 0.15) is 11.8 Å². The standard InChI is InChI=1S/C19H25F2N3O3.ClH/c20-19(21)27-15-8-6-14(7-9-15)24-10-2-5-16(18(24)26)23-17(25)12-3-1-4-13(22)11-12;/h6-9,12-13,16,19H,1-5,10-11,22H2,(H,23,25);1H. The molecular formula is C19H26ClF2N3O3. The van der Waals surface area contributed by atoms with Gasteiger partial charge in [0.15, 0.2) is 0 Å². The highest BCUT2D eigenvalue weighted by molar-refractivity contribution is 6.00. The van der Waals surface area contributed by atoms with Gasteiger partial charge in [-0.25, -0.2) is 0 Å². The molecule has 2 aliphatic rings. The molecule has 2 fully saturated rings. The Labute approximate surface area is 169 Å². The number of hydrogen-bond acceptors (Lipinski definition) is 4. The van der Waals surface area contributed by atoms with Crippen molar-refractivity contribution in [2.24, 2.45) is 11.7 Å². The molecule has 2 amide bonds. The van der Waals surface area contributed by atoms with Crippen molar-refractivity contribution in [2.75, 3.05) is 11.4 Å². The third-order valence-corrected chi connectivity index (χ3v) is 5.21. The first kappa shape index (κ1) is 22.4. The number of hydrogen-bond donors (Lipinski definition) is 2. The van der Waals surface area contributed by atoms with E-state index in [0.717, 1.165) is 25.7 Å². The molecule has 3 atom stereocenters. The van der Waals surface area contributed by atoms with Crippen LogP contribution < -0.4 is 20.7 Å². The number of benzene rings is 1. The van der Waals surface area contributed by atoms with Crippen molar-refractivity contribution in [3.63, 3.8) is 0 Å². The molecule has 1 saturated heterocycles. The van der Waals surface area contributed by atoms with Gasteiger partial charge in [-0.1, -0.05) is 6.42 Å². The molecule has 3 unspecified atom stereocenters. The Morgan fingerprint density at radius 3 is 2.54 bits per heavy atom. The van der Waals surface area contributed by atoms with Gasteiger partial charge in [0.05, 0.1) is 0 Å². The third-order valence-electron chi connectivity index (χ3n) is 5.21. The number of piperidine rings is 1. The number of anilines is 1. The first-order valence-corrected chi connectivity index (χ1v) is 9.36. The number of ether oxygens (including phenoxy) is 1.